The number of hydrogen-bond acceptors (Lipinski definition) is 6. The molecule has 3 aromatic heterocycles. The molecule has 5 rings (SSSR count). The molecule has 0 aliphatic rings. The fourth-order valence-corrected chi connectivity index (χ4v) is 4.15. The molecule has 0 saturated heterocycles. The second-order valence-corrected chi connectivity index (χ2v) is 8.69. The van der Waals surface area contributed by atoms with Gasteiger partial charge >= 0.3 is 0 Å². The summed E-state index contributed by atoms with van der Waals surface area (Å²) in [5.74, 6) is -1.07. The third kappa shape index (κ3) is 5.24. The van der Waals surface area contributed by atoms with Crippen LogP contribution in [0.5, 0.6) is 0 Å². The topological polar surface area (TPSA) is 130 Å². The average Bonchev–Trinajstić information content (AvgIpc) is 3.59. The molecule has 0 bridgehead atoms. The van der Waals surface area contributed by atoms with Crippen LogP contribution in [0.15, 0.2) is 73.2 Å². The highest BCUT2D eigenvalue weighted by molar-refractivity contribution is 6.38. The number of H-pyrrole nitrogens is 1. The predicted octanol–water partition coefficient (Wildman–Crippen LogP) is 4.68. The Morgan fingerprint density at radius 3 is 2.53 bits per heavy atom. The van der Waals surface area contributed by atoms with Crippen LogP contribution in [0.3, 0.4) is 0 Å². The van der Waals surface area contributed by atoms with Crippen molar-refractivity contribution in [2.45, 2.75) is 6.54 Å². The summed E-state index contributed by atoms with van der Waals surface area (Å²) in [4.78, 5) is 34.1. The number of rotatable bonds is 7. The molecule has 190 valence electrons. The molecule has 13 heteroatoms. The zero-order chi connectivity index (χ0) is 26.6. The zero-order valence-corrected chi connectivity index (χ0v) is 20.8. The van der Waals surface area contributed by atoms with E-state index in [1.165, 1.54) is 47.5 Å². The van der Waals surface area contributed by atoms with Gasteiger partial charge in [0, 0.05) is 17.8 Å². The number of hydrogen-bond donors (Lipinski definition) is 3. The maximum absolute atomic E-state index is 14.4. The van der Waals surface area contributed by atoms with E-state index in [2.05, 4.69) is 35.9 Å². The summed E-state index contributed by atoms with van der Waals surface area (Å²) in [5, 5.41) is 16.4. The van der Waals surface area contributed by atoms with Crippen molar-refractivity contribution in [2.24, 2.45) is 0 Å². The smallest absolute Gasteiger partial charge is 0.272 e. The van der Waals surface area contributed by atoms with Crippen LogP contribution in [0.2, 0.25) is 10.0 Å². The third-order valence-electron chi connectivity index (χ3n) is 5.38. The number of carbonyl (C=O) groups excluding carboxylic acids is 2. The number of halogens is 3. The maximum Gasteiger partial charge on any atom is 0.272 e. The summed E-state index contributed by atoms with van der Waals surface area (Å²) in [6.45, 7) is 0.103. The molecular formula is C25H17Cl2FN8O2. The van der Waals surface area contributed by atoms with E-state index < -0.39 is 17.6 Å². The van der Waals surface area contributed by atoms with Crippen LogP contribution in [0.1, 0.15) is 26.7 Å². The van der Waals surface area contributed by atoms with Crippen molar-refractivity contribution in [1.82, 2.24) is 35.3 Å². The molecule has 0 atom stereocenters. The molecule has 3 N–H and O–H groups in total. The Bertz CT molecular complexity index is 1620. The van der Waals surface area contributed by atoms with Gasteiger partial charge in [-0.05, 0) is 36.4 Å². The third-order valence-corrected chi connectivity index (χ3v) is 6.01. The first kappa shape index (κ1) is 25.1. The molecule has 0 unspecified atom stereocenters. The molecule has 0 aliphatic heterocycles. The van der Waals surface area contributed by atoms with Crippen molar-refractivity contribution in [3.8, 4) is 16.9 Å². The molecule has 5 aromatic rings. The van der Waals surface area contributed by atoms with E-state index in [4.69, 9.17) is 23.2 Å². The molecule has 0 radical (unpaired) electrons. The number of pyridine rings is 1. The van der Waals surface area contributed by atoms with E-state index in [1.54, 1.807) is 24.3 Å². The van der Waals surface area contributed by atoms with Gasteiger partial charge in [0.1, 0.15) is 29.5 Å². The Balaban J connectivity index is 1.47. The largest absolute Gasteiger partial charge is 0.343 e. The second-order valence-electron chi connectivity index (χ2n) is 7.88. The van der Waals surface area contributed by atoms with Crippen molar-refractivity contribution in [3.05, 3.63) is 106 Å². The summed E-state index contributed by atoms with van der Waals surface area (Å²) in [7, 11) is 0. The van der Waals surface area contributed by atoms with Crippen molar-refractivity contribution < 1.29 is 14.0 Å². The van der Waals surface area contributed by atoms with Crippen molar-refractivity contribution >= 4 is 40.8 Å². The number of amides is 2. The van der Waals surface area contributed by atoms with E-state index in [9.17, 15) is 14.0 Å². The van der Waals surface area contributed by atoms with Crippen molar-refractivity contribution in [2.75, 3.05) is 5.32 Å². The normalized spacial score (nSPS) is 10.8. The van der Waals surface area contributed by atoms with Crippen LogP contribution in [-0.2, 0) is 6.54 Å². The zero-order valence-electron chi connectivity index (χ0n) is 19.3. The second kappa shape index (κ2) is 10.8. The molecule has 0 saturated carbocycles. The maximum atomic E-state index is 14.4. The highest BCUT2D eigenvalue weighted by Gasteiger charge is 2.21. The van der Waals surface area contributed by atoms with Crippen molar-refractivity contribution in [3.63, 3.8) is 0 Å². The van der Waals surface area contributed by atoms with Gasteiger partial charge in [-0.15, -0.1) is 0 Å². The van der Waals surface area contributed by atoms with E-state index in [1.807, 2.05) is 6.07 Å². The lowest BCUT2D eigenvalue weighted by Gasteiger charge is -2.12. The molecule has 2 amide bonds. The Hall–Kier alpha value is -4.61. The highest BCUT2D eigenvalue weighted by Crippen LogP contribution is 2.33. The molecule has 0 fully saturated rings. The summed E-state index contributed by atoms with van der Waals surface area (Å²) >= 11 is 12.6. The molecule has 3 heterocycles. The first-order chi connectivity index (χ1) is 18.4. The number of benzene rings is 2. The quantitative estimate of drug-likeness (QED) is 0.269. The van der Waals surface area contributed by atoms with Crippen LogP contribution in [0.4, 0.5) is 10.2 Å². The van der Waals surface area contributed by atoms with E-state index in [-0.39, 0.29) is 44.9 Å². The molecule has 10 nitrogen and oxygen atoms in total. The number of para-hydroxylation sites is 1. The van der Waals surface area contributed by atoms with Gasteiger partial charge in [-0.2, -0.15) is 10.2 Å². The van der Waals surface area contributed by atoms with Crippen LogP contribution < -0.4 is 10.6 Å². The standard InChI is InChI=1S/C25H17Cl2FN8O2/c26-17-10-18(27)16(9-15(17)23-19(28)7-4-8-29-23)24(37)33-22-11-20(25(38)30-12-21-31-13-32-34-21)35-36(22)14-5-2-1-3-6-14/h1-11,13H,12H2,(H,30,38)(H,33,37)(H,31,32,34). The summed E-state index contributed by atoms with van der Waals surface area (Å²) in [6, 6.07) is 15.7. The molecule has 0 aliphatic carbocycles. The van der Waals surface area contributed by atoms with Gasteiger partial charge in [0.25, 0.3) is 11.8 Å². The van der Waals surface area contributed by atoms with Crippen molar-refractivity contribution in [1.29, 1.82) is 0 Å². The van der Waals surface area contributed by atoms with Gasteiger partial charge in [-0.1, -0.05) is 41.4 Å². The highest BCUT2D eigenvalue weighted by atomic mass is 35.5. The van der Waals surface area contributed by atoms with Crippen LogP contribution in [0.25, 0.3) is 16.9 Å². The number of nitrogens with zero attached hydrogens (tertiary/aromatic N) is 5. The lowest BCUT2D eigenvalue weighted by atomic mass is 10.1. The van der Waals surface area contributed by atoms with E-state index in [0.717, 1.165) is 0 Å². The Kier molecular flexibility index (Phi) is 7.11. The fraction of sp³-hybridized carbons (Fsp3) is 0.0400. The Morgan fingerprint density at radius 2 is 1.79 bits per heavy atom. The van der Waals surface area contributed by atoms with Gasteiger partial charge in [0.15, 0.2) is 5.69 Å². The Morgan fingerprint density at radius 1 is 0.974 bits per heavy atom. The number of aromatic amines is 1. The monoisotopic (exact) mass is 550 g/mol. The summed E-state index contributed by atoms with van der Waals surface area (Å²) < 4.78 is 15.8. The van der Waals surface area contributed by atoms with E-state index in [0.29, 0.717) is 11.5 Å². The van der Waals surface area contributed by atoms with Gasteiger partial charge in [-0.25, -0.2) is 14.1 Å². The molecule has 38 heavy (non-hydrogen) atoms. The molecule has 2 aromatic carbocycles. The summed E-state index contributed by atoms with van der Waals surface area (Å²) in [6.07, 6.45) is 2.74. The minimum absolute atomic E-state index is 0.0215. The first-order valence-corrected chi connectivity index (χ1v) is 11.9. The van der Waals surface area contributed by atoms with Gasteiger partial charge in [0.05, 0.1) is 27.8 Å². The average molecular weight is 551 g/mol. The van der Waals surface area contributed by atoms with Crippen LogP contribution in [-0.4, -0.2) is 41.8 Å². The van der Waals surface area contributed by atoms with Gasteiger partial charge in [0.2, 0.25) is 0 Å². The summed E-state index contributed by atoms with van der Waals surface area (Å²) in [5.41, 5.74) is 0.831. The number of aromatic nitrogens is 6. The lowest BCUT2D eigenvalue weighted by Crippen LogP contribution is -2.24. The Labute approximate surface area is 224 Å². The minimum atomic E-state index is -0.630. The molecule has 0 spiro atoms. The van der Waals surface area contributed by atoms with Crippen LogP contribution >= 0.6 is 23.2 Å². The molecular weight excluding hydrogens is 534 g/mol. The van der Waals surface area contributed by atoms with Crippen LogP contribution in [0, 0.1) is 5.82 Å². The minimum Gasteiger partial charge on any atom is -0.343 e. The van der Waals surface area contributed by atoms with E-state index >= 15 is 0 Å². The first-order valence-electron chi connectivity index (χ1n) is 11.1. The number of anilines is 1. The van der Waals surface area contributed by atoms with Gasteiger partial charge in [-0.3, -0.25) is 19.7 Å². The number of nitrogens with one attached hydrogen (secondary N) is 3. The van der Waals surface area contributed by atoms with Gasteiger partial charge < -0.3 is 10.6 Å². The SMILES string of the molecule is O=C(NCc1ncn[nH]1)c1cc(NC(=O)c2cc(-c3ncccc3F)c(Cl)cc2Cl)n(-c2ccccc2)n1. The fourth-order valence-electron chi connectivity index (χ4n) is 3.59. The predicted molar refractivity (Wildman–Crippen MR) is 139 cm³/mol. The lowest BCUT2D eigenvalue weighted by molar-refractivity contribution is 0.0943. The number of carbonyl (C=O) groups is 2.